The molecule has 0 aliphatic rings. The van der Waals surface area contributed by atoms with Crippen LogP contribution in [-0.4, -0.2) is 39.3 Å². The second kappa shape index (κ2) is 10.9. The summed E-state index contributed by atoms with van der Waals surface area (Å²) < 4.78 is 21.5. The largest absolute Gasteiger partial charge is 0.493 e. The normalized spacial score (nSPS) is 10.5. The zero-order valence-corrected chi connectivity index (χ0v) is 20.1. The van der Waals surface area contributed by atoms with Gasteiger partial charge in [-0.1, -0.05) is 12.1 Å². The van der Waals surface area contributed by atoms with Crippen LogP contribution in [0.4, 0.5) is 5.00 Å². The van der Waals surface area contributed by atoms with E-state index in [1.54, 1.807) is 38.7 Å². The van der Waals surface area contributed by atoms with Gasteiger partial charge in [-0.3, -0.25) is 4.79 Å². The van der Waals surface area contributed by atoms with Crippen molar-refractivity contribution in [3.63, 3.8) is 0 Å². The maximum atomic E-state index is 12.8. The van der Waals surface area contributed by atoms with Gasteiger partial charge in [-0.05, 0) is 61.7 Å². The number of amides is 1. The number of hydrogen-bond donors (Lipinski definition) is 1. The minimum atomic E-state index is -0.520. The third kappa shape index (κ3) is 5.64. The maximum Gasteiger partial charge on any atom is 0.341 e. The van der Waals surface area contributed by atoms with Gasteiger partial charge < -0.3 is 24.3 Å². The number of ether oxygens (including phenoxy) is 4. The average molecular weight is 470 g/mol. The lowest BCUT2D eigenvalue weighted by atomic mass is 10.0. The number of nitrogens with one attached hydrogen (secondary N) is 1. The standard InChI is InChI=1S/C25H27NO6S/c1-6-31-25(28)23-19(17-8-10-20(29-4)21(12-17)30-5)14-33-24(23)26-22(27)13-32-18-9-7-15(2)16(3)11-18/h7-12,14H,6,13H2,1-5H3,(H,26,27). The van der Waals surface area contributed by atoms with Crippen LogP contribution >= 0.6 is 11.3 Å². The fourth-order valence-electron chi connectivity index (χ4n) is 3.19. The van der Waals surface area contributed by atoms with Crippen molar-refractivity contribution in [3.05, 3.63) is 58.5 Å². The van der Waals surface area contributed by atoms with Gasteiger partial charge in [0.1, 0.15) is 16.3 Å². The Bertz CT molecular complexity index is 1150. The summed E-state index contributed by atoms with van der Waals surface area (Å²) >= 11 is 1.24. The topological polar surface area (TPSA) is 83.1 Å². The van der Waals surface area contributed by atoms with E-state index in [9.17, 15) is 9.59 Å². The molecule has 3 aromatic rings. The quantitative estimate of drug-likeness (QED) is 0.432. The number of rotatable bonds is 9. The Hall–Kier alpha value is -3.52. The summed E-state index contributed by atoms with van der Waals surface area (Å²) in [5, 5.41) is 4.98. The van der Waals surface area contributed by atoms with Gasteiger partial charge in [0.2, 0.25) is 0 Å². The summed E-state index contributed by atoms with van der Waals surface area (Å²) in [5.41, 5.74) is 3.87. The van der Waals surface area contributed by atoms with Crippen LogP contribution in [0.1, 0.15) is 28.4 Å². The van der Waals surface area contributed by atoms with E-state index in [0.717, 1.165) is 16.7 Å². The summed E-state index contributed by atoms with van der Waals surface area (Å²) in [6.45, 7) is 5.75. The zero-order valence-electron chi connectivity index (χ0n) is 19.3. The molecular formula is C25H27NO6S. The molecule has 8 heteroatoms. The van der Waals surface area contributed by atoms with Crippen LogP contribution in [0.25, 0.3) is 11.1 Å². The molecule has 7 nitrogen and oxygen atoms in total. The molecule has 0 aliphatic carbocycles. The molecule has 33 heavy (non-hydrogen) atoms. The first-order chi connectivity index (χ1) is 15.9. The van der Waals surface area contributed by atoms with Crippen LogP contribution in [0.15, 0.2) is 41.8 Å². The summed E-state index contributed by atoms with van der Waals surface area (Å²) in [6.07, 6.45) is 0. The summed E-state index contributed by atoms with van der Waals surface area (Å²) in [4.78, 5) is 25.4. The van der Waals surface area contributed by atoms with Crippen molar-refractivity contribution in [2.24, 2.45) is 0 Å². The lowest BCUT2D eigenvalue weighted by molar-refractivity contribution is -0.118. The number of anilines is 1. The van der Waals surface area contributed by atoms with E-state index in [2.05, 4.69) is 5.32 Å². The second-order valence-electron chi connectivity index (χ2n) is 7.23. The predicted octanol–water partition coefficient (Wildman–Crippen LogP) is 5.24. The Balaban J connectivity index is 1.84. The van der Waals surface area contributed by atoms with Crippen molar-refractivity contribution in [3.8, 4) is 28.4 Å². The van der Waals surface area contributed by atoms with Gasteiger partial charge in [-0.25, -0.2) is 4.79 Å². The zero-order chi connectivity index (χ0) is 24.0. The maximum absolute atomic E-state index is 12.8. The molecule has 2 aromatic carbocycles. The molecule has 0 fully saturated rings. The first-order valence-electron chi connectivity index (χ1n) is 10.4. The van der Waals surface area contributed by atoms with Crippen molar-refractivity contribution >= 4 is 28.2 Å². The van der Waals surface area contributed by atoms with Crippen LogP contribution in [0.5, 0.6) is 17.2 Å². The van der Waals surface area contributed by atoms with Gasteiger partial charge in [0.15, 0.2) is 18.1 Å². The van der Waals surface area contributed by atoms with Crippen molar-refractivity contribution in [1.29, 1.82) is 0 Å². The van der Waals surface area contributed by atoms with Gasteiger partial charge in [0.05, 0.1) is 20.8 Å². The van der Waals surface area contributed by atoms with Crippen LogP contribution in [0.3, 0.4) is 0 Å². The summed E-state index contributed by atoms with van der Waals surface area (Å²) in [6, 6.07) is 11.0. The molecule has 1 N–H and O–H groups in total. The summed E-state index contributed by atoms with van der Waals surface area (Å²) in [5.74, 6) is 0.819. The van der Waals surface area contributed by atoms with Crippen LogP contribution in [0.2, 0.25) is 0 Å². The smallest absolute Gasteiger partial charge is 0.341 e. The van der Waals surface area contributed by atoms with Crippen molar-refractivity contribution in [2.75, 3.05) is 32.8 Å². The molecule has 0 saturated heterocycles. The monoisotopic (exact) mass is 469 g/mol. The molecule has 1 amide bonds. The SMILES string of the molecule is CCOC(=O)c1c(-c2ccc(OC)c(OC)c2)csc1NC(=O)COc1ccc(C)c(C)c1. The van der Waals surface area contributed by atoms with E-state index in [0.29, 0.717) is 27.8 Å². The molecule has 3 rings (SSSR count). The number of thiophene rings is 1. The number of aryl methyl sites for hydroxylation is 2. The number of carbonyl (C=O) groups is 2. The predicted molar refractivity (Wildman–Crippen MR) is 129 cm³/mol. The molecule has 0 saturated carbocycles. The van der Waals surface area contributed by atoms with E-state index in [4.69, 9.17) is 18.9 Å². The Morgan fingerprint density at radius 1 is 0.970 bits per heavy atom. The number of methoxy groups -OCH3 is 2. The van der Waals surface area contributed by atoms with E-state index < -0.39 is 5.97 Å². The van der Waals surface area contributed by atoms with E-state index in [-0.39, 0.29) is 24.7 Å². The molecule has 0 bridgehead atoms. The van der Waals surface area contributed by atoms with E-state index in [1.165, 1.54) is 11.3 Å². The van der Waals surface area contributed by atoms with Gasteiger partial charge in [-0.15, -0.1) is 11.3 Å². The molecule has 1 aromatic heterocycles. The van der Waals surface area contributed by atoms with E-state index >= 15 is 0 Å². The number of carbonyl (C=O) groups excluding carboxylic acids is 2. The first-order valence-corrected chi connectivity index (χ1v) is 11.3. The third-order valence-corrected chi connectivity index (χ3v) is 5.96. The van der Waals surface area contributed by atoms with Crippen LogP contribution < -0.4 is 19.5 Å². The molecule has 174 valence electrons. The highest BCUT2D eigenvalue weighted by molar-refractivity contribution is 7.15. The van der Waals surface area contributed by atoms with Crippen molar-refractivity contribution in [1.82, 2.24) is 0 Å². The minimum Gasteiger partial charge on any atom is -0.493 e. The number of esters is 1. The van der Waals surface area contributed by atoms with Crippen molar-refractivity contribution < 1.29 is 28.5 Å². The molecule has 0 radical (unpaired) electrons. The number of hydrogen-bond acceptors (Lipinski definition) is 7. The van der Waals surface area contributed by atoms with Crippen LogP contribution in [0, 0.1) is 13.8 Å². The van der Waals surface area contributed by atoms with Gasteiger partial charge in [0, 0.05) is 10.9 Å². The Morgan fingerprint density at radius 3 is 2.39 bits per heavy atom. The Kier molecular flexibility index (Phi) is 7.95. The second-order valence-corrected chi connectivity index (χ2v) is 8.11. The highest BCUT2D eigenvalue weighted by Gasteiger charge is 2.23. The molecular weight excluding hydrogens is 442 g/mol. The molecule has 1 heterocycles. The molecule has 0 atom stereocenters. The summed E-state index contributed by atoms with van der Waals surface area (Å²) in [7, 11) is 3.10. The highest BCUT2D eigenvalue weighted by Crippen LogP contribution is 2.39. The van der Waals surface area contributed by atoms with Gasteiger partial charge in [-0.2, -0.15) is 0 Å². The van der Waals surface area contributed by atoms with Gasteiger partial charge in [0.25, 0.3) is 5.91 Å². The highest BCUT2D eigenvalue weighted by atomic mass is 32.1. The van der Waals surface area contributed by atoms with E-state index in [1.807, 2.05) is 38.1 Å². The average Bonchev–Trinajstić information content (AvgIpc) is 3.23. The molecule has 0 aliphatic heterocycles. The first kappa shape index (κ1) is 24.1. The lowest BCUT2D eigenvalue weighted by Gasteiger charge is -2.12. The lowest BCUT2D eigenvalue weighted by Crippen LogP contribution is -2.21. The fourth-order valence-corrected chi connectivity index (χ4v) is 4.16. The van der Waals surface area contributed by atoms with Gasteiger partial charge >= 0.3 is 5.97 Å². The molecule has 0 unspecified atom stereocenters. The van der Waals surface area contributed by atoms with Crippen LogP contribution in [-0.2, 0) is 9.53 Å². The van der Waals surface area contributed by atoms with Crippen molar-refractivity contribution in [2.45, 2.75) is 20.8 Å². The Labute approximate surface area is 197 Å². The third-order valence-electron chi connectivity index (χ3n) is 5.07. The molecule has 0 spiro atoms. The fraction of sp³-hybridized carbons (Fsp3) is 0.280. The Morgan fingerprint density at radius 2 is 1.73 bits per heavy atom. The number of benzene rings is 2. The minimum absolute atomic E-state index is 0.186.